The largest absolute Gasteiger partial charge is 0.462 e. The predicted molar refractivity (Wildman–Crippen MR) is 96.6 cm³/mol. The highest BCUT2D eigenvalue weighted by Crippen LogP contribution is 2.36. The van der Waals surface area contributed by atoms with E-state index >= 15 is 0 Å². The highest BCUT2D eigenvalue weighted by atomic mass is 32.2. The Morgan fingerprint density at radius 3 is 2.92 bits per heavy atom. The number of carbonyl (C=O) groups is 1. The molecular weight excluding hydrogens is 334 g/mol. The number of hydrogen-bond acceptors (Lipinski definition) is 5. The second-order valence-electron chi connectivity index (χ2n) is 6.20. The zero-order valence-corrected chi connectivity index (χ0v) is 14.8. The Bertz CT molecular complexity index is 1030. The van der Waals surface area contributed by atoms with E-state index in [-0.39, 0.29) is 17.3 Å². The molecule has 0 amide bonds. The van der Waals surface area contributed by atoms with Crippen LogP contribution in [0.2, 0.25) is 0 Å². The lowest BCUT2D eigenvalue weighted by atomic mass is 10.1. The van der Waals surface area contributed by atoms with Crippen molar-refractivity contribution in [2.75, 3.05) is 0 Å². The van der Waals surface area contributed by atoms with E-state index in [1.807, 2.05) is 48.6 Å². The lowest BCUT2D eigenvalue weighted by Crippen LogP contribution is -2.11. The second kappa shape index (κ2) is 6.08. The first-order valence-electron chi connectivity index (χ1n) is 8.32. The smallest absolute Gasteiger partial charge is 0.319 e. The summed E-state index contributed by atoms with van der Waals surface area (Å²) in [5.74, 6) is -0.169. The van der Waals surface area contributed by atoms with Crippen molar-refractivity contribution >= 4 is 34.4 Å². The summed E-state index contributed by atoms with van der Waals surface area (Å²) in [6.07, 6.45) is 1.38. The van der Waals surface area contributed by atoms with Gasteiger partial charge in [0.2, 0.25) is 0 Å². The fraction of sp³-hybridized carbons (Fsp3) is 0.316. The van der Waals surface area contributed by atoms with Gasteiger partial charge in [-0.2, -0.15) is 5.26 Å². The number of esters is 1. The molecule has 0 saturated carbocycles. The number of ether oxygens (including phenoxy) is 1. The minimum atomic E-state index is -0.225. The highest BCUT2D eigenvalue weighted by Gasteiger charge is 2.33. The van der Waals surface area contributed by atoms with Gasteiger partial charge in [0.25, 0.3) is 0 Å². The number of pyridine rings is 1. The maximum Gasteiger partial charge on any atom is 0.319 e. The molecule has 1 fully saturated rings. The number of aryl methyl sites for hydroxylation is 1. The number of nitrogens with zero attached hydrogens (tertiary/aromatic N) is 3. The third-order valence-electron chi connectivity index (χ3n) is 4.51. The van der Waals surface area contributed by atoms with E-state index in [0.29, 0.717) is 17.6 Å². The molecule has 3 aromatic rings. The van der Waals surface area contributed by atoms with Crippen LogP contribution in [0.5, 0.6) is 0 Å². The van der Waals surface area contributed by atoms with Gasteiger partial charge in [-0.1, -0.05) is 30.8 Å². The summed E-state index contributed by atoms with van der Waals surface area (Å²) in [5, 5.41) is 10.3. The Morgan fingerprint density at radius 1 is 1.44 bits per heavy atom. The van der Waals surface area contributed by atoms with Gasteiger partial charge in [-0.15, -0.1) is 0 Å². The Morgan fingerprint density at radius 2 is 2.24 bits per heavy atom. The number of fused-ring (bicyclic) bond motifs is 3. The molecule has 5 nitrogen and oxygen atoms in total. The Kier molecular flexibility index (Phi) is 3.89. The molecule has 126 valence electrons. The van der Waals surface area contributed by atoms with Crippen LogP contribution in [0.15, 0.2) is 35.4 Å². The molecule has 6 heteroatoms. The first-order valence-corrected chi connectivity index (χ1v) is 9.20. The van der Waals surface area contributed by atoms with Gasteiger partial charge < -0.3 is 4.74 Å². The molecule has 0 aliphatic carbocycles. The fourth-order valence-corrected chi connectivity index (χ4v) is 4.61. The van der Waals surface area contributed by atoms with Crippen molar-refractivity contribution < 1.29 is 9.53 Å². The Hall–Kier alpha value is -2.52. The first kappa shape index (κ1) is 16.0. The molecule has 1 aromatic carbocycles. The van der Waals surface area contributed by atoms with Crippen molar-refractivity contribution in [1.82, 2.24) is 9.38 Å². The molecule has 1 saturated heterocycles. The van der Waals surface area contributed by atoms with Gasteiger partial charge in [-0.3, -0.25) is 9.20 Å². The monoisotopic (exact) mass is 351 g/mol. The van der Waals surface area contributed by atoms with E-state index in [4.69, 9.17) is 4.74 Å². The van der Waals surface area contributed by atoms with Crippen LogP contribution in [0.25, 0.3) is 16.7 Å². The van der Waals surface area contributed by atoms with Crippen LogP contribution in [0.1, 0.15) is 31.4 Å². The number of carbonyl (C=O) groups excluding carboxylic acids is 1. The van der Waals surface area contributed by atoms with Crippen LogP contribution in [-0.2, 0) is 16.0 Å². The van der Waals surface area contributed by atoms with Gasteiger partial charge in [-0.25, -0.2) is 4.98 Å². The van der Waals surface area contributed by atoms with Crippen LogP contribution in [0.3, 0.4) is 0 Å². The molecule has 25 heavy (non-hydrogen) atoms. The summed E-state index contributed by atoms with van der Waals surface area (Å²) >= 11 is 1.50. The molecule has 3 heterocycles. The quantitative estimate of drug-likeness (QED) is 0.673. The highest BCUT2D eigenvalue weighted by molar-refractivity contribution is 8.00. The molecule has 2 aromatic heterocycles. The molecular formula is C19H17N3O2S. The van der Waals surface area contributed by atoms with Crippen molar-refractivity contribution in [3.8, 4) is 6.07 Å². The van der Waals surface area contributed by atoms with Gasteiger partial charge in [-0.05, 0) is 37.1 Å². The SMILES string of the molecule is CCc1cc(S[C@@H]2C[C@H](C)OC2=O)n2c(nc3ccccc32)c1C#N. The number of imidazole rings is 1. The standard InChI is InChI=1S/C19H17N3O2S/c1-3-12-9-17(25-16-8-11(2)24-19(16)23)22-15-7-5-4-6-14(15)21-18(22)13(12)10-20/h4-7,9,11,16H,3,8H2,1-2H3/t11-,16+/m0/s1. The fourth-order valence-electron chi connectivity index (χ4n) is 3.30. The van der Waals surface area contributed by atoms with E-state index < -0.39 is 0 Å². The third kappa shape index (κ3) is 2.56. The van der Waals surface area contributed by atoms with Gasteiger partial charge in [0.1, 0.15) is 17.4 Å². The van der Waals surface area contributed by atoms with Crippen molar-refractivity contribution in [3.05, 3.63) is 41.5 Å². The van der Waals surface area contributed by atoms with Crippen LogP contribution in [-0.4, -0.2) is 26.7 Å². The number of nitriles is 1. The first-order chi connectivity index (χ1) is 12.1. The minimum absolute atomic E-state index is 0.0518. The summed E-state index contributed by atoms with van der Waals surface area (Å²) in [4.78, 5) is 16.8. The van der Waals surface area contributed by atoms with Gasteiger partial charge in [0.05, 0.1) is 21.6 Å². The average Bonchev–Trinajstić information content (AvgIpc) is 3.14. The van der Waals surface area contributed by atoms with E-state index in [1.54, 1.807) is 0 Å². The molecule has 0 radical (unpaired) electrons. The molecule has 1 aliphatic rings. The topological polar surface area (TPSA) is 67.4 Å². The van der Waals surface area contributed by atoms with Crippen LogP contribution in [0, 0.1) is 11.3 Å². The van der Waals surface area contributed by atoms with Crippen LogP contribution in [0.4, 0.5) is 0 Å². The lowest BCUT2D eigenvalue weighted by molar-refractivity contribution is -0.140. The van der Waals surface area contributed by atoms with Crippen LogP contribution < -0.4 is 0 Å². The summed E-state index contributed by atoms with van der Waals surface area (Å²) < 4.78 is 7.29. The number of para-hydroxylation sites is 2. The lowest BCUT2D eigenvalue weighted by Gasteiger charge is -2.12. The number of thioether (sulfide) groups is 1. The number of hydrogen-bond donors (Lipinski definition) is 0. The average molecular weight is 351 g/mol. The van der Waals surface area contributed by atoms with Gasteiger partial charge in [0, 0.05) is 6.42 Å². The van der Waals surface area contributed by atoms with E-state index in [2.05, 4.69) is 11.1 Å². The molecule has 0 N–H and O–H groups in total. The van der Waals surface area contributed by atoms with Crippen molar-refractivity contribution in [1.29, 1.82) is 5.26 Å². The second-order valence-corrected chi connectivity index (χ2v) is 7.42. The molecule has 2 atom stereocenters. The number of aromatic nitrogens is 2. The predicted octanol–water partition coefficient (Wildman–Crippen LogP) is 3.72. The number of cyclic esters (lactones) is 1. The van der Waals surface area contributed by atoms with E-state index in [0.717, 1.165) is 28.0 Å². The van der Waals surface area contributed by atoms with Gasteiger partial charge >= 0.3 is 5.97 Å². The molecule has 0 unspecified atom stereocenters. The minimum Gasteiger partial charge on any atom is -0.462 e. The Labute approximate surface area is 149 Å². The maximum atomic E-state index is 12.1. The van der Waals surface area contributed by atoms with Crippen molar-refractivity contribution in [2.45, 2.75) is 43.1 Å². The van der Waals surface area contributed by atoms with Crippen molar-refractivity contribution in [2.24, 2.45) is 0 Å². The molecule has 0 spiro atoms. The summed E-state index contributed by atoms with van der Waals surface area (Å²) in [6.45, 7) is 3.94. The zero-order valence-electron chi connectivity index (χ0n) is 14.0. The summed E-state index contributed by atoms with van der Waals surface area (Å²) in [7, 11) is 0. The molecule has 0 bridgehead atoms. The number of rotatable bonds is 3. The van der Waals surface area contributed by atoms with Crippen LogP contribution >= 0.6 is 11.8 Å². The maximum absolute atomic E-state index is 12.1. The Balaban J connectivity index is 1.96. The third-order valence-corrected chi connectivity index (χ3v) is 5.72. The number of benzene rings is 1. The van der Waals surface area contributed by atoms with E-state index in [9.17, 15) is 10.1 Å². The summed E-state index contributed by atoms with van der Waals surface area (Å²) in [5.41, 5.74) is 4.00. The van der Waals surface area contributed by atoms with Crippen molar-refractivity contribution in [3.63, 3.8) is 0 Å². The normalized spacial score (nSPS) is 20.1. The van der Waals surface area contributed by atoms with E-state index in [1.165, 1.54) is 11.8 Å². The molecule has 1 aliphatic heterocycles. The summed E-state index contributed by atoms with van der Waals surface area (Å²) in [6, 6.07) is 12.1. The molecule has 4 rings (SSSR count). The zero-order chi connectivity index (χ0) is 17.6. The van der Waals surface area contributed by atoms with Gasteiger partial charge in [0.15, 0.2) is 5.65 Å².